The monoisotopic (exact) mass is 338 g/mol. The van der Waals surface area contributed by atoms with Gasteiger partial charge in [0.15, 0.2) is 0 Å². The molecule has 0 aliphatic rings. The fourth-order valence-corrected chi connectivity index (χ4v) is 2.94. The Morgan fingerprint density at radius 1 is 1.20 bits per heavy atom. The molecule has 1 atom stereocenters. The van der Waals surface area contributed by atoms with Crippen LogP contribution in [0.25, 0.3) is 11.0 Å². The molecule has 5 nitrogen and oxygen atoms in total. The highest BCUT2D eigenvalue weighted by Crippen LogP contribution is 2.36. The highest BCUT2D eigenvalue weighted by molar-refractivity contribution is 5.85. The van der Waals surface area contributed by atoms with Crippen LogP contribution < -0.4 is 5.63 Å². The number of hydrogen-bond acceptors (Lipinski definition) is 5. The molecule has 0 bridgehead atoms. The van der Waals surface area contributed by atoms with E-state index in [9.17, 15) is 14.7 Å². The van der Waals surface area contributed by atoms with E-state index in [0.717, 1.165) is 11.1 Å². The number of aryl methyl sites for hydroxylation is 1. The van der Waals surface area contributed by atoms with Crippen LogP contribution >= 0.6 is 0 Å². The summed E-state index contributed by atoms with van der Waals surface area (Å²) in [6.45, 7) is 1.88. The SMILES string of the molecule is COC(=O)C[C@@H](c1ccccc1)c1c(O)c2cc(C)ccc2oc1=O. The zero-order valence-corrected chi connectivity index (χ0v) is 14.0. The highest BCUT2D eigenvalue weighted by Gasteiger charge is 2.27. The molecule has 0 aliphatic carbocycles. The topological polar surface area (TPSA) is 76.7 Å². The number of rotatable bonds is 4. The normalized spacial score (nSPS) is 12.1. The van der Waals surface area contributed by atoms with Gasteiger partial charge < -0.3 is 14.3 Å². The molecule has 25 heavy (non-hydrogen) atoms. The van der Waals surface area contributed by atoms with Crippen molar-refractivity contribution in [2.24, 2.45) is 0 Å². The summed E-state index contributed by atoms with van der Waals surface area (Å²) in [7, 11) is 1.29. The Kier molecular flexibility index (Phi) is 4.57. The fraction of sp³-hybridized carbons (Fsp3) is 0.200. The molecule has 0 aliphatic heterocycles. The summed E-state index contributed by atoms with van der Waals surface area (Å²) in [5, 5.41) is 11.2. The Morgan fingerprint density at radius 3 is 2.60 bits per heavy atom. The molecule has 0 saturated carbocycles. The molecule has 0 saturated heterocycles. The average Bonchev–Trinajstić information content (AvgIpc) is 2.62. The second-order valence-corrected chi connectivity index (χ2v) is 5.89. The molecule has 0 unspecified atom stereocenters. The molecule has 128 valence electrons. The second kappa shape index (κ2) is 6.81. The van der Waals surface area contributed by atoms with Gasteiger partial charge >= 0.3 is 11.6 Å². The van der Waals surface area contributed by atoms with Gasteiger partial charge in [-0.25, -0.2) is 4.79 Å². The minimum absolute atomic E-state index is 0.0645. The Bertz CT molecular complexity index is 973. The van der Waals surface area contributed by atoms with Gasteiger partial charge in [0.05, 0.1) is 24.5 Å². The molecule has 1 aromatic heterocycles. The molecular weight excluding hydrogens is 320 g/mol. The number of carbonyl (C=O) groups excluding carboxylic acids is 1. The summed E-state index contributed by atoms with van der Waals surface area (Å²) < 4.78 is 10.1. The average molecular weight is 338 g/mol. The van der Waals surface area contributed by atoms with Crippen LogP contribution in [0, 0.1) is 6.92 Å². The standard InChI is InChI=1S/C20H18O5/c1-12-8-9-16-15(10-12)19(22)18(20(23)25-16)14(11-17(21)24-2)13-6-4-3-5-7-13/h3-10,14,22H,11H2,1-2H3/t14-/m0/s1. The summed E-state index contributed by atoms with van der Waals surface area (Å²) in [6.07, 6.45) is -0.0733. The van der Waals surface area contributed by atoms with E-state index < -0.39 is 17.5 Å². The third-order valence-corrected chi connectivity index (χ3v) is 4.22. The first-order chi connectivity index (χ1) is 12.0. The number of carbonyl (C=O) groups is 1. The number of aromatic hydroxyl groups is 1. The minimum atomic E-state index is -0.661. The lowest BCUT2D eigenvalue weighted by atomic mass is 9.88. The number of benzene rings is 2. The quantitative estimate of drug-likeness (QED) is 0.582. The van der Waals surface area contributed by atoms with Gasteiger partial charge in [0, 0.05) is 5.92 Å². The van der Waals surface area contributed by atoms with E-state index in [1.165, 1.54) is 7.11 Å². The van der Waals surface area contributed by atoms with E-state index in [2.05, 4.69) is 0 Å². The number of methoxy groups -OCH3 is 1. The lowest BCUT2D eigenvalue weighted by molar-refractivity contribution is -0.140. The lowest BCUT2D eigenvalue weighted by Gasteiger charge is -2.17. The molecule has 5 heteroatoms. The Labute approximate surface area is 144 Å². The maximum absolute atomic E-state index is 12.5. The van der Waals surface area contributed by atoms with Crippen molar-refractivity contribution in [2.75, 3.05) is 7.11 Å². The molecule has 1 N–H and O–H groups in total. The van der Waals surface area contributed by atoms with Crippen LogP contribution in [0.2, 0.25) is 0 Å². The summed E-state index contributed by atoms with van der Waals surface area (Å²) >= 11 is 0. The van der Waals surface area contributed by atoms with Crippen LogP contribution in [0.15, 0.2) is 57.7 Å². The fourth-order valence-electron chi connectivity index (χ4n) is 2.94. The van der Waals surface area contributed by atoms with E-state index in [-0.39, 0.29) is 17.7 Å². The van der Waals surface area contributed by atoms with Crippen LogP contribution in [-0.2, 0) is 9.53 Å². The van der Waals surface area contributed by atoms with Crippen molar-refractivity contribution >= 4 is 16.9 Å². The third kappa shape index (κ3) is 3.26. The lowest BCUT2D eigenvalue weighted by Crippen LogP contribution is -2.18. The van der Waals surface area contributed by atoms with Gasteiger partial charge in [0.2, 0.25) is 0 Å². The molecule has 0 amide bonds. The largest absolute Gasteiger partial charge is 0.507 e. The maximum atomic E-state index is 12.5. The van der Waals surface area contributed by atoms with Gasteiger partial charge in [-0.1, -0.05) is 42.0 Å². The molecule has 3 aromatic rings. The third-order valence-electron chi connectivity index (χ3n) is 4.22. The molecule has 2 aromatic carbocycles. The van der Waals surface area contributed by atoms with E-state index in [1.807, 2.05) is 25.1 Å². The van der Waals surface area contributed by atoms with Crippen molar-refractivity contribution in [3.8, 4) is 5.75 Å². The Hall–Kier alpha value is -3.08. The summed E-state index contributed by atoms with van der Waals surface area (Å²) in [5.41, 5.74) is 1.36. The first-order valence-corrected chi connectivity index (χ1v) is 7.89. The molecule has 0 radical (unpaired) electrons. The summed E-state index contributed by atoms with van der Waals surface area (Å²) in [4.78, 5) is 24.4. The van der Waals surface area contributed by atoms with Crippen molar-refractivity contribution in [2.45, 2.75) is 19.3 Å². The van der Waals surface area contributed by atoms with Crippen LogP contribution in [0.3, 0.4) is 0 Å². The van der Waals surface area contributed by atoms with Crippen LogP contribution in [-0.4, -0.2) is 18.2 Å². The predicted octanol–water partition coefficient (Wildman–Crippen LogP) is 3.50. The van der Waals surface area contributed by atoms with Gasteiger partial charge in [0.1, 0.15) is 11.3 Å². The van der Waals surface area contributed by atoms with Gasteiger partial charge in [0.25, 0.3) is 0 Å². The van der Waals surface area contributed by atoms with Gasteiger partial charge in [-0.2, -0.15) is 0 Å². The first kappa shape index (κ1) is 16.8. The van der Waals surface area contributed by atoms with E-state index >= 15 is 0 Å². The van der Waals surface area contributed by atoms with Gasteiger partial charge in [-0.3, -0.25) is 4.79 Å². The molecule has 3 rings (SSSR count). The Morgan fingerprint density at radius 2 is 1.92 bits per heavy atom. The summed E-state index contributed by atoms with van der Waals surface area (Å²) in [6, 6.07) is 14.2. The first-order valence-electron chi connectivity index (χ1n) is 7.89. The van der Waals surface area contributed by atoms with Crippen molar-refractivity contribution in [3.63, 3.8) is 0 Å². The van der Waals surface area contributed by atoms with Crippen molar-refractivity contribution in [1.82, 2.24) is 0 Å². The molecule has 0 fully saturated rings. The predicted molar refractivity (Wildman–Crippen MR) is 93.8 cm³/mol. The molecule has 0 spiro atoms. The van der Waals surface area contributed by atoms with E-state index in [0.29, 0.717) is 11.0 Å². The highest BCUT2D eigenvalue weighted by atomic mass is 16.5. The van der Waals surface area contributed by atoms with Crippen molar-refractivity contribution in [3.05, 3.63) is 75.6 Å². The maximum Gasteiger partial charge on any atom is 0.343 e. The van der Waals surface area contributed by atoms with Crippen molar-refractivity contribution < 1.29 is 19.1 Å². The van der Waals surface area contributed by atoms with E-state index in [4.69, 9.17) is 9.15 Å². The Balaban J connectivity index is 2.25. The van der Waals surface area contributed by atoms with E-state index in [1.54, 1.807) is 30.3 Å². The number of ether oxygens (including phenoxy) is 1. The number of fused-ring (bicyclic) bond motifs is 1. The zero-order chi connectivity index (χ0) is 18.0. The minimum Gasteiger partial charge on any atom is -0.507 e. The van der Waals surface area contributed by atoms with Crippen LogP contribution in [0.5, 0.6) is 5.75 Å². The smallest absolute Gasteiger partial charge is 0.343 e. The summed E-state index contributed by atoms with van der Waals surface area (Å²) in [5.74, 6) is -1.29. The zero-order valence-electron chi connectivity index (χ0n) is 14.0. The molecule has 1 heterocycles. The van der Waals surface area contributed by atoms with Gasteiger partial charge in [-0.15, -0.1) is 0 Å². The molecular formula is C20H18O5. The van der Waals surface area contributed by atoms with Gasteiger partial charge in [-0.05, 0) is 24.6 Å². The van der Waals surface area contributed by atoms with Crippen molar-refractivity contribution in [1.29, 1.82) is 0 Å². The number of esters is 1. The second-order valence-electron chi connectivity index (χ2n) is 5.89. The number of hydrogen-bond donors (Lipinski definition) is 1. The van der Waals surface area contributed by atoms with Crippen LogP contribution in [0.1, 0.15) is 29.0 Å². The van der Waals surface area contributed by atoms with Crippen LogP contribution in [0.4, 0.5) is 0 Å².